The van der Waals surface area contributed by atoms with Gasteiger partial charge in [-0.1, -0.05) is 95.7 Å². The van der Waals surface area contributed by atoms with Crippen molar-refractivity contribution in [2.75, 3.05) is 13.4 Å². The Labute approximate surface area is 284 Å². The molecule has 48 heavy (non-hydrogen) atoms. The first kappa shape index (κ1) is 30.0. The van der Waals surface area contributed by atoms with E-state index in [2.05, 4.69) is 10.6 Å². The van der Waals surface area contributed by atoms with Crippen LogP contribution in [0.1, 0.15) is 35.2 Å². The van der Waals surface area contributed by atoms with Crippen LogP contribution < -0.4 is 24.4 Å². The highest BCUT2D eigenvalue weighted by atomic mass is 35.5. The second-order valence-electron chi connectivity index (χ2n) is 11.4. The third-order valence-corrected chi connectivity index (χ3v) is 9.84. The molecule has 2 aliphatic rings. The summed E-state index contributed by atoms with van der Waals surface area (Å²) in [5.74, 6) is 0.603. The van der Waals surface area contributed by atoms with Gasteiger partial charge in [-0.15, -0.1) is 0 Å². The summed E-state index contributed by atoms with van der Waals surface area (Å²) in [6, 6.07) is 30.0. The highest BCUT2D eigenvalue weighted by Gasteiger charge is 2.36. The van der Waals surface area contributed by atoms with Crippen LogP contribution in [-0.2, 0) is 16.1 Å². The molecule has 0 N–H and O–H groups in total. The Balaban J connectivity index is 1.35. The maximum Gasteiger partial charge on any atom is 0.338 e. The summed E-state index contributed by atoms with van der Waals surface area (Å²) in [5, 5.41) is 1.69. The molecule has 0 saturated heterocycles. The number of ether oxygens (including phenoxy) is 3. The quantitative estimate of drug-likeness (QED) is 0.185. The third kappa shape index (κ3) is 5.21. The normalized spacial score (nSPS) is 15.5. The van der Waals surface area contributed by atoms with Crippen LogP contribution in [0.25, 0.3) is 22.7 Å². The zero-order chi connectivity index (χ0) is 32.8. The molecule has 1 atom stereocenters. The average molecular weight is 674 g/mol. The Hall–Kier alpha value is -5.38. The molecule has 8 rings (SSSR count). The molecular weight excluding hydrogens is 646 g/mol. The fraction of sp³-hybridized carbons (Fsp3) is 0.132. The molecule has 2 aliphatic heterocycles. The summed E-state index contributed by atoms with van der Waals surface area (Å²) in [7, 11) is 0. The van der Waals surface area contributed by atoms with E-state index in [1.165, 1.54) is 11.3 Å². The molecule has 0 bridgehead atoms. The molecule has 0 spiro atoms. The second kappa shape index (κ2) is 12.3. The van der Waals surface area contributed by atoms with Crippen molar-refractivity contribution in [1.29, 1.82) is 0 Å². The zero-order valence-corrected chi connectivity index (χ0v) is 27.3. The number of aromatic nitrogens is 2. The number of para-hydroxylation sites is 1. The van der Waals surface area contributed by atoms with Crippen LogP contribution in [0.2, 0.25) is 5.02 Å². The summed E-state index contributed by atoms with van der Waals surface area (Å²) in [5.41, 5.74) is 4.79. The Bertz CT molecular complexity index is 2440. The smallest absolute Gasteiger partial charge is 0.338 e. The topological polar surface area (TPSA) is 84.1 Å². The third-order valence-electron chi connectivity index (χ3n) is 8.49. The summed E-state index contributed by atoms with van der Waals surface area (Å²) < 4.78 is 21.1. The van der Waals surface area contributed by atoms with Gasteiger partial charge in [0.25, 0.3) is 5.56 Å². The van der Waals surface area contributed by atoms with E-state index in [1.807, 2.05) is 97.2 Å². The summed E-state index contributed by atoms with van der Waals surface area (Å²) in [6.07, 6.45) is 3.95. The van der Waals surface area contributed by atoms with Gasteiger partial charge in [-0.05, 0) is 48.4 Å². The van der Waals surface area contributed by atoms with Crippen molar-refractivity contribution in [1.82, 2.24) is 9.13 Å². The van der Waals surface area contributed by atoms with Gasteiger partial charge < -0.3 is 18.8 Å². The van der Waals surface area contributed by atoms with E-state index in [0.29, 0.717) is 43.7 Å². The standard InChI is InChI=1S/C38H28ClN3O5S/c1-2-45-37(44)33-34(23-10-4-3-5-11-23)40-38-42(35(33)24-16-17-30-31(18-24)47-22-46-30)36(43)32(48-38)19-26-21-41(29-15-9-7-13-27(26)29)20-25-12-6-8-14-28(25)39/h3-19,21,35H,2,20,22H2,1H3/b32-19-. The van der Waals surface area contributed by atoms with Crippen molar-refractivity contribution in [2.24, 2.45) is 4.99 Å². The van der Waals surface area contributed by atoms with Crippen LogP contribution in [0, 0.1) is 0 Å². The Morgan fingerprint density at radius 1 is 1.00 bits per heavy atom. The van der Waals surface area contributed by atoms with E-state index in [0.717, 1.165) is 27.6 Å². The van der Waals surface area contributed by atoms with Gasteiger partial charge in [0, 0.05) is 39.8 Å². The van der Waals surface area contributed by atoms with Crippen LogP contribution in [0.4, 0.5) is 0 Å². The predicted molar refractivity (Wildman–Crippen MR) is 186 cm³/mol. The fourth-order valence-corrected chi connectivity index (χ4v) is 7.50. The first-order chi connectivity index (χ1) is 23.5. The van der Waals surface area contributed by atoms with Gasteiger partial charge in [0.2, 0.25) is 6.79 Å². The highest BCUT2D eigenvalue weighted by molar-refractivity contribution is 7.07. The highest BCUT2D eigenvalue weighted by Crippen LogP contribution is 2.40. The molecule has 0 saturated carbocycles. The van der Waals surface area contributed by atoms with Crippen molar-refractivity contribution < 1.29 is 19.0 Å². The maximum atomic E-state index is 14.5. The number of rotatable bonds is 7. The molecule has 2 aromatic heterocycles. The molecular formula is C38H28ClN3O5S. The summed E-state index contributed by atoms with van der Waals surface area (Å²) in [4.78, 5) is 33.8. The lowest BCUT2D eigenvalue weighted by Crippen LogP contribution is -2.40. The fourth-order valence-electron chi connectivity index (χ4n) is 6.31. The van der Waals surface area contributed by atoms with E-state index < -0.39 is 12.0 Å². The number of hydrogen-bond acceptors (Lipinski definition) is 7. The van der Waals surface area contributed by atoms with Crippen molar-refractivity contribution >= 4 is 51.6 Å². The molecule has 238 valence electrons. The van der Waals surface area contributed by atoms with Crippen molar-refractivity contribution in [3.05, 3.63) is 156 Å². The Kier molecular flexibility index (Phi) is 7.70. The number of fused-ring (bicyclic) bond motifs is 3. The van der Waals surface area contributed by atoms with E-state index in [4.69, 9.17) is 30.8 Å². The lowest BCUT2D eigenvalue weighted by molar-refractivity contribution is -0.138. The first-order valence-electron chi connectivity index (χ1n) is 15.5. The molecule has 4 heterocycles. The number of esters is 1. The van der Waals surface area contributed by atoms with E-state index in [1.54, 1.807) is 17.6 Å². The van der Waals surface area contributed by atoms with Crippen LogP contribution in [-0.4, -0.2) is 28.5 Å². The van der Waals surface area contributed by atoms with Crippen LogP contribution >= 0.6 is 22.9 Å². The number of hydrogen-bond donors (Lipinski definition) is 0. The number of carbonyl (C=O) groups is 1. The number of nitrogens with zero attached hydrogens (tertiary/aromatic N) is 3. The average Bonchev–Trinajstić information content (AvgIpc) is 3.81. The van der Waals surface area contributed by atoms with Crippen molar-refractivity contribution in [3.63, 3.8) is 0 Å². The molecule has 0 aliphatic carbocycles. The number of carbonyl (C=O) groups excluding carboxylic acids is 1. The van der Waals surface area contributed by atoms with Crippen molar-refractivity contribution in [2.45, 2.75) is 19.5 Å². The van der Waals surface area contributed by atoms with E-state index in [9.17, 15) is 9.59 Å². The number of benzene rings is 4. The number of thiazole rings is 1. The lowest BCUT2D eigenvalue weighted by Gasteiger charge is -2.26. The molecule has 0 radical (unpaired) electrons. The maximum absolute atomic E-state index is 14.5. The van der Waals surface area contributed by atoms with Gasteiger partial charge >= 0.3 is 5.97 Å². The molecule has 0 fully saturated rings. The molecule has 1 unspecified atom stereocenters. The van der Waals surface area contributed by atoms with Crippen LogP contribution in [0.3, 0.4) is 0 Å². The largest absolute Gasteiger partial charge is 0.463 e. The molecule has 8 nitrogen and oxygen atoms in total. The minimum Gasteiger partial charge on any atom is -0.463 e. The summed E-state index contributed by atoms with van der Waals surface area (Å²) >= 11 is 7.81. The Morgan fingerprint density at radius 2 is 1.77 bits per heavy atom. The first-order valence-corrected chi connectivity index (χ1v) is 16.7. The summed E-state index contributed by atoms with van der Waals surface area (Å²) in [6.45, 7) is 2.60. The van der Waals surface area contributed by atoms with Gasteiger partial charge in [-0.2, -0.15) is 0 Å². The van der Waals surface area contributed by atoms with Gasteiger partial charge in [0.05, 0.1) is 28.5 Å². The van der Waals surface area contributed by atoms with Gasteiger partial charge in [0.15, 0.2) is 16.3 Å². The Morgan fingerprint density at radius 3 is 2.60 bits per heavy atom. The van der Waals surface area contributed by atoms with Gasteiger partial charge in [-0.3, -0.25) is 9.36 Å². The molecule has 6 aromatic rings. The molecule has 10 heteroatoms. The zero-order valence-electron chi connectivity index (χ0n) is 25.8. The van der Waals surface area contributed by atoms with E-state index in [-0.39, 0.29) is 24.5 Å². The van der Waals surface area contributed by atoms with Crippen molar-refractivity contribution in [3.8, 4) is 11.5 Å². The van der Waals surface area contributed by atoms with Gasteiger partial charge in [0.1, 0.15) is 0 Å². The molecule has 4 aromatic carbocycles. The monoisotopic (exact) mass is 673 g/mol. The van der Waals surface area contributed by atoms with Crippen LogP contribution in [0.5, 0.6) is 11.5 Å². The predicted octanol–water partition coefficient (Wildman–Crippen LogP) is 6.32. The minimum atomic E-state index is -0.825. The number of halogens is 1. The van der Waals surface area contributed by atoms with Crippen LogP contribution in [0.15, 0.2) is 119 Å². The minimum absolute atomic E-state index is 0.0987. The van der Waals surface area contributed by atoms with E-state index >= 15 is 0 Å². The second-order valence-corrected chi connectivity index (χ2v) is 12.8. The SMILES string of the molecule is CCOC(=O)C1=C(c2ccccc2)N=c2s/c(=C\c3cn(Cc4ccccc4Cl)c4ccccc34)c(=O)n2C1c1ccc2c(c1)OCO2. The molecule has 0 amide bonds. The van der Waals surface area contributed by atoms with Gasteiger partial charge in [-0.25, -0.2) is 9.79 Å². The lowest BCUT2D eigenvalue weighted by atomic mass is 9.93.